The van der Waals surface area contributed by atoms with Crippen molar-refractivity contribution in [1.82, 2.24) is 10.3 Å². The number of rotatable bonds is 5. The molecule has 0 bridgehead atoms. The number of hydrogen-bond donors (Lipinski definition) is 2. The van der Waals surface area contributed by atoms with E-state index >= 15 is 0 Å². The fraction of sp³-hybridized carbons (Fsp3) is 0.333. The van der Waals surface area contributed by atoms with Gasteiger partial charge in [-0.25, -0.2) is 18.0 Å². The lowest BCUT2D eigenvalue weighted by Gasteiger charge is -2.39. The van der Waals surface area contributed by atoms with Crippen LogP contribution in [0.4, 0.5) is 18.9 Å². The number of piperazine rings is 1. The van der Waals surface area contributed by atoms with Crippen LogP contribution in [0.25, 0.3) is 0 Å². The monoisotopic (exact) mass is 365 g/mol. The number of alkyl halides is 2. The SMILES string of the molecule is O=C(O)c1cc(C(F)F)c(N2CCNCC2Cc2cccnc2)cc1F. The van der Waals surface area contributed by atoms with Gasteiger partial charge in [0.1, 0.15) is 5.82 Å². The highest BCUT2D eigenvalue weighted by Crippen LogP contribution is 2.34. The van der Waals surface area contributed by atoms with Gasteiger partial charge in [0.15, 0.2) is 0 Å². The molecule has 0 amide bonds. The maximum Gasteiger partial charge on any atom is 0.338 e. The average molecular weight is 365 g/mol. The first-order valence-corrected chi connectivity index (χ1v) is 8.18. The largest absolute Gasteiger partial charge is 0.478 e. The van der Waals surface area contributed by atoms with Crippen molar-refractivity contribution in [2.75, 3.05) is 24.5 Å². The highest BCUT2D eigenvalue weighted by atomic mass is 19.3. The quantitative estimate of drug-likeness (QED) is 0.853. The molecular formula is C18H18F3N3O2. The lowest BCUT2D eigenvalue weighted by atomic mass is 10.0. The van der Waals surface area contributed by atoms with E-state index in [4.69, 9.17) is 5.11 Å². The van der Waals surface area contributed by atoms with Gasteiger partial charge in [0.25, 0.3) is 6.43 Å². The van der Waals surface area contributed by atoms with E-state index in [2.05, 4.69) is 10.3 Å². The molecule has 2 heterocycles. The molecular weight excluding hydrogens is 347 g/mol. The number of benzene rings is 1. The molecule has 1 aromatic heterocycles. The maximum atomic E-state index is 14.2. The highest BCUT2D eigenvalue weighted by molar-refractivity contribution is 5.89. The minimum Gasteiger partial charge on any atom is -0.478 e. The Labute approximate surface area is 148 Å². The Morgan fingerprint density at radius 2 is 2.23 bits per heavy atom. The summed E-state index contributed by atoms with van der Waals surface area (Å²) in [6.45, 7) is 1.52. The van der Waals surface area contributed by atoms with Crippen LogP contribution in [0.5, 0.6) is 0 Å². The van der Waals surface area contributed by atoms with Crippen LogP contribution in [0.3, 0.4) is 0 Å². The number of hydrogen-bond acceptors (Lipinski definition) is 4. The third-order valence-corrected chi connectivity index (χ3v) is 4.44. The third-order valence-electron chi connectivity index (χ3n) is 4.44. The summed E-state index contributed by atoms with van der Waals surface area (Å²) in [4.78, 5) is 16.9. The van der Waals surface area contributed by atoms with Gasteiger partial charge in [0.2, 0.25) is 0 Å². The van der Waals surface area contributed by atoms with Gasteiger partial charge >= 0.3 is 5.97 Å². The average Bonchev–Trinajstić information content (AvgIpc) is 2.62. The Morgan fingerprint density at radius 3 is 2.88 bits per heavy atom. The summed E-state index contributed by atoms with van der Waals surface area (Å²) in [6.07, 6.45) is 0.994. The zero-order valence-electron chi connectivity index (χ0n) is 13.8. The minimum atomic E-state index is -2.90. The van der Waals surface area contributed by atoms with Crippen LogP contribution in [-0.2, 0) is 6.42 Å². The lowest BCUT2D eigenvalue weighted by molar-refractivity contribution is 0.0691. The van der Waals surface area contributed by atoms with Crippen LogP contribution in [0.1, 0.15) is 27.9 Å². The van der Waals surface area contributed by atoms with Gasteiger partial charge in [-0.1, -0.05) is 6.07 Å². The van der Waals surface area contributed by atoms with Crippen molar-refractivity contribution >= 4 is 11.7 Å². The predicted octanol–water partition coefficient (Wildman–Crippen LogP) is 2.88. The van der Waals surface area contributed by atoms with E-state index in [-0.39, 0.29) is 11.7 Å². The van der Waals surface area contributed by atoms with Crippen molar-refractivity contribution in [3.05, 3.63) is 59.2 Å². The number of carbonyl (C=O) groups is 1. The predicted molar refractivity (Wildman–Crippen MR) is 90.3 cm³/mol. The number of aromatic nitrogens is 1. The molecule has 26 heavy (non-hydrogen) atoms. The van der Waals surface area contributed by atoms with Gasteiger partial charge in [-0.2, -0.15) is 0 Å². The fourth-order valence-electron chi connectivity index (χ4n) is 3.22. The molecule has 1 unspecified atom stereocenters. The summed E-state index contributed by atoms with van der Waals surface area (Å²) >= 11 is 0. The van der Waals surface area contributed by atoms with Crippen LogP contribution < -0.4 is 10.2 Å². The highest BCUT2D eigenvalue weighted by Gasteiger charge is 2.29. The summed E-state index contributed by atoms with van der Waals surface area (Å²) < 4.78 is 41.3. The fourth-order valence-corrected chi connectivity index (χ4v) is 3.22. The number of halogens is 3. The molecule has 0 aliphatic carbocycles. The van der Waals surface area contributed by atoms with Crippen LogP contribution in [0.2, 0.25) is 0 Å². The molecule has 1 aliphatic rings. The van der Waals surface area contributed by atoms with Crippen molar-refractivity contribution in [3.8, 4) is 0 Å². The van der Waals surface area contributed by atoms with Crippen molar-refractivity contribution < 1.29 is 23.1 Å². The van der Waals surface area contributed by atoms with E-state index in [0.717, 1.165) is 17.7 Å². The normalized spacial score (nSPS) is 17.5. The summed E-state index contributed by atoms with van der Waals surface area (Å²) in [5, 5.41) is 12.2. The molecule has 1 atom stereocenters. The molecule has 0 radical (unpaired) electrons. The van der Waals surface area contributed by atoms with E-state index in [9.17, 15) is 18.0 Å². The Balaban J connectivity index is 1.98. The molecule has 0 saturated carbocycles. The van der Waals surface area contributed by atoms with Crippen molar-refractivity contribution in [1.29, 1.82) is 0 Å². The molecule has 5 nitrogen and oxygen atoms in total. The van der Waals surface area contributed by atoms with Gasteiger partial charge in [0, 0.05) is 49.3 Å². The number of carboxylic acid groups (broad SMARTS) is 1. The van der Waals surface area contributed by atoms with Gasteiger partial charge < -0.3 is 15.3 Å². The minimum absolute atomic E-state index is 0.0397. The number of aromatic carboxylic acids is 1. The van der Waals surface area contributed by atoms with E-state index in [1.54, 1.807) is 23.4 Å². The number of nitrogens with one attached hydrogen (secondary N) is 1. The smallest absolute Gasteiger partial charge is 0.338 e. The van der Waals surface area contributed by atoms with Crippen LogP contribution >= 0.6 is 0 Å². The molecule has 1 aliphatic heterocycles. The first-order chi connectivity index (χ1) is 12.5. The Hall–Kier alpha value is -2.61. The third kappa shape index (κ3) is 3.80. The Morgan fingerprint density at radius 1 is 1.42 bits per heavy atom. The molecule has 2 N–H and O–H groups in total. The van der Waals surface area contributed by atoms with Gasteiger partial charge in [-0.3, -0.25) is 4.98 Å². The molecule has 3 rings (SSSR count). The molecule has 8 heteroatoms. The Kier molecular flexibility index (Phi) is 5.41. The van der Waals surface area contributed by atoms with E-state index in [1.807, 2.05) is 6.07 Å². The lowest BCUT2D eigenvalue weighted by Crippen LogP contribution is -2.52. The molecule has 2 aromatic rings. The molecule has 1 aromatic carbocycles. The summed E-state index contributed by atoms with van der Waals surface area (Å²) in [6, 6.07) is 5.15. The van der Waals surface area contributed by atoms with Crippen molar-refractivity contribution in [2.45, 2.75) is 18.9 Å². The van der Waals surface area contributed by atoms with Crippen LogP contribution in [0, 0.1) is 5.82 Å². The molecule has 1 fully saturated rings. The van der Waals surface area contributed by atoms with Gasteiger partial charge in [-0.15, -0.1) is 0 Å². The van der Waals surface area contributed by atoms with E-state index < -0.39 is 29.3 Å². The number of pyridine rings is 1. The molecule has 0 spiro atoms. The number of nitrogens with zero attached hydrogens (tertiary/aromatic N) is 2. The summed E-state index contributed by atoms with van der Waals surface area (Å²) in [7, 11) is 0. The second-order valence-electron chi connectivity index (χ2n) is 6.11. The molecule has 1 saturated heterocycles. The standard InChI is InChI=1S/C18H18F3N3O2/c19-15-8-16(14(17(20)21)7-13(15)18(25)26)24-5-4-23-10-12(24)6-11-2-1-3-22-9-11/h1-3,7-9,12,17,23H,4-6,10H2,(H,25,26). The first-order valence-electron chi connectivity index (χ1n) is 8.18. The van der Waals surface area contributed by atoms with E-state index in [1.165, 1.54) is 0 Å². The topological polar surface area (TPSA) is 65.5 Å². The second-order valence-corrected chi connectivity index (χ2v) is 6.11. The first kappa shape index (κ1) is 18.2. The van der Waals surface area contributed by atoms with Gasteiger partial charge in [-0.05, 0) is 30.2 Å². The number of anilines is 1. The number of carboxylic acids is 1. The Bertz CT molecular complexity index is 787. The van der Waals surface area contributed by atoms with Crippen molar-refractivity contribution in [2.24, 2.45) is 0 Å². The van der Waals surface area contributed by atoms with Crippen molar-refractivity contribution in [3.63, 3.8) is 0 Å². The summed E-state index contributed by atoms with van der Waals surface area (Å²) in [5.41, 5.74) is -0.241. The zero-order valence-corrected chi connectivity index (χ0v) is 13.8. The second kappa shape index (κ2) is 7.74. The maximum absolute atomic E-state index is 14.2. The van der Waals surface area contributed by atoms with Gasteiger partial charge in [0.05, 0.1) is 5.56 Å². The molecule has 138 valence electrons. The van der Waals surface area contributed by atoms with E-state index in [0.29, 0.717) is 26.1 Å². The zero-order chi connectivity index (χ0) is 18.7. The summed E-state index contributed by atoms with van der Waals surface area (Å²) in [5.74, 6) is -2.58. The van der Waals surface area contributed by atoms with Crippen LogP contribution in [-0.4, -0.2) is 41.7 Å². The van der Waals surface area contributed by atoms with Crippen LogP contribution in [0.15, 0.2) is 36.7 Å².